The number of thiophene rings is 1. The number of nitrogens with zero attached hydrogens (tertiary/aromatic N) is 1. The topological polar surface area (TPSA) is 37.4 Å². The molecule has 0 unspecified atom stereocenters. The van der Waals surface area contributed by atoms with Crippen LogP contribution in [0.25, 0.3) is 16.2 Å². The molecular weight excluding hydrogens is 572 g/mol. The molecule has 3 nitrogen and oxygen atoms in total. The van der Waals surface area contributed by atoms with Crippen LogP contribution in [-0.2, 0) is 0 Å². The van der Waals surface area contributed by atoms with E-state index in [9.17, 15) is 9.59 Å². The van der Waals surface area contributed by atoms with E-state index in [1.165, 1.54) is 24.9 Å². The third-order valence-electron chi connectivity index (χ3n) is 6.12. The van der Waals surface area contributed by atoms with Crippen molar-refractivity contribution in [3.63, 3.8) is 0 Å². The molecule has 6 heteroatoms. The summed E-state index contributed by atoms with van der Waals surface area (Å²) in [5.74, 6) is -0.313. The summed E-state index contributed by atoms with van der Waals surface area (Å²) >= 11 is 1.85. The van der Waals surface area contributed by atoms with Crippen molar-refractivity contribution in [1.29, 1.82) is 0 Å². The number of benzene rings is 3. The first-order chi connectivity index (χ1) is 16.7. The molecule has 3 heterocycles. The maximum absolute atomic E-state index is 13.1. The van der Waals surface area contributed by atoms with Crippen LogP contribution in [0.3, 0.4) is 0 Å². The van der Waals surface area contributed by atoms with Crippen LogP contribution in [0, 0.1) is 0 Å². The molecule has 0 bridgehead atoms. The van der Waals surface area contributed by atoms with Gasteiger partial charge in [-0.3, -0.25) is 0 Å². The molecule has 5 aromatic rings. The van der Waals surface area contributed by atoms with E-state index in [1.807, 2.05) is 29.7 Å². The van der Waals surface area contributed by atoms with Gasteiger partial charge in [-0.1, -0.05) is 0 Å². The predicted molar refractivity (Wildman–Crippen MR) is 142 cm³/mol. The molecule has 34 heavy (non-hydrogen) atoms. The first kappa shape index (κ1) is 20.4. The molecule has 3 aromatic carbocycles. The fraction of sp³-hybridized carbons (Fsp3) is 0. The van der Waals surface area contributed by atoms with Crippen molar-refractivity contribution in [3.8, 4) is 0 Å². The van der Waals surface area contributed by atoms with E-state index in [0.717, 1.165) is 14.5 Å². The average molecular weight is 587 g/mol. The van der Waals surface area contributed by atoms with Crippen molar-refractivity contribution in [3.05, 3.63) is 105 Å². The van der Waals surface area contributed by atoms with Gasteiger partial charge in [0.25, 0.3) is 0 Å². The maximum atomic E-state index is 13.1. The number of para-hydroxylation sites is 2. The zero-order valence-electron chi connectivity index (χ0n) is 17.6. The van der Waals surface area contributed by atoms with Crippen molar-refractivity contribution in [2.24, 2.45) is 0 Å². The van der Waals surface area contributed by atoms with Crippen LogP contribution in [-0.4, -0.2) is 41.0 Å². The Bertz CT molecular complexity index is 1600. The van der Waals surface area contributed by atoms with Crippen LogP contribution < -0.4 is 13.8 Å². The standard InChI is InChI=1S/C28H15NO2SSe2/c30-27-18-13-16-11-12-32-23(16)15-19(18)28(31)20(27)14-17-9-10-26(33-17)29-21-5-1-3-7-24(21)34-25-8-4-2-6-22(25)29/h1-15H/b20-14+. The van der Waals surface area contributed by atoms with Crippen LogP contribution in [0.5, 0.6) is 0 Å². The Morgan fingerprint density at radius 1 is 0.765 bits per heavy atom. The number of carbonyl (C=O) groups excluding carboxylic acids is 2. The van der Waals surface area contributed by atoms with Gasteiger partial charge in [0.2, 0.25) is 0 Å². The first-order valence-electron chi connectivity index (χ1n) is 10.8. The number of rotatable bonds is 2. The molecule has 0 spiro atoms. The molecular formula is C28H15NO2SSe2. The second kappa shape index (κ2) is 7.78. The SMILES string of the molecule is O=C1/C(=C\c2ccc(N3c4ccccc4[Se]c4ccccc43)[se]2)C(=O)c2cc3sccc3cc21. The van der Waals surface area contributed by atoms with Crippen LogP contribution in [0.4, 0.5) is 15.9 Å². The Balaban J connectivity index is 1.30. The average Bonchev–Trinajstić information content (AvgIpc) is 3.57. The molecule has 0 saturated heterocycles. The van der Waals surface area contributed by atoms with Gasteiger partial charge < -0.3 is 0 Å². The number of carbonyl (C=O) groups is 2. The van der Waals surface area contributed by atoms with Crippen LogP contribution in [0.1, 0.15) is 25.2 Å². The monoisotopic (exact) mass is 589 g/mol. The summed E-state index contributed by atoms with van der Waals surface area (Å²) in [6.45, 7) is 0. The van der Waals surface area contributed by atoms with Gasteiger partial charge in [-0.15, -0.1) is 0 Å². The van der Waals surface area contributed by atoms with E-state index in [2.05, 4.69) is 65.6 Å². The number of ketones is 2. The van der Waals surface area contributed by atoms with E-state index in [0.29, 0.717) is 16.7 Å². The molecule has 0 atom stereocenters. The van der Waals surface area contributed by atoms with Gasteiger partial charge in [0.1, 0.15) is 0 Å². The van der Waals surface area contributed by atoms with Crippen molar-refractivity contribution >= 4 is 93.4 Å². The summed E-state index contributed by atoms with van der Waals surface area (Å²) in [5, 5.41) is 3.01. The number of anilines is 3. The van der Waals surface area contributed by atoms with Gasteiger partial charge in [-0.25, -0.2) is 0 Å². The van der Waals surface area contributed by atoms with Gasteiger partial charge in [0.05, 0.1) is 0 Å². The molecule has 7 rings (SSSR count). The van der Waals surface area contributed by atoms with E-state index >= 15 is 0 Å². The van der Waals surface area contributed by atoms with E-state index in [-0.39, 0.29) is 41.0 Å². The van der Waals surface area contributed by atoms with Crippen molar-refractivity contribution in [2.45, 2.75) is 0 Å². The van der Waals surface area contributed by atoms with Crippen LogP contribution in [0.2, 0.25) is 0 Å². The Morgan fingerprint density at radius 2 is 1.44 bits per heavy atom. The fourth-order valence-corrected chi connectivity index (χ4v) is 9.62. The van der Waals surface area contributed by atoms with Gasteiger partial charge in [0.15, 0.2) is 0 Å². The van der Waals surface area contributed by atoms with Crippen molar-refractivity contribution < 1.29 is 9.59 Å². The second-order valence-corrected chi connectivity index (χ2v) is 13.6. The summed E-state index contributed by atoms with van der Waals surface area (Å²) in [6.07, 6.45) is 1.83. The molecule has 1 aliphatic carbocycles. The molecule has 0 amide bonds. The van der Waals surface area contributed by atoms with Crippen LogP contribution >= 0.6 is 11.3 Å². The predicted octanol–water partition coefficient (Wildman–Crippen LogP) is 4.86. The van der Waals surface area contributed by atoms with Crippen LogP contribution in [0.15, 0.2) is 89.8 Å². The minimum absolute atomic E-state index is 0.0206. The summed E-state index contributed by atoms with van der Waals surface area (Å²) in [6, 6.07) is 27.1. The normalized spacial score (nSPS) is 15.6. The molecule has 0 saturated carbocycles. The number of fused-ring (bicyclic) bond motifs is 4. The third kappa shape index (κ3) is 3.08. The van der Waals surface area contributed by atoms with E-state index < -0.39 is 0 Å². The zero-order valence-corrected chi connectivity index (χ0v) is 21.9. The Labute approximate surface area is 212 Å². The van der Waals surface area contributed by atoms with Crippen molar-refractivity contribution in [1.82, 2.24) is 0 Å². The molecule has 2 aliphatic rings. The van der Waals surface area contributed by atoms with Gasteiger partial charge in [-0.05, 0) is 0 Å². The quantitative estimate of drug-likeness (QED) is 0.165. The van der Waals surface area contributed by atoms with Crippen molar-refractivity contribution in [2.75, 3.05) is 4.90 Å². The summed E-state index contributed by atoms with van der Waals surface area (Å²) in [4.78, 5) is 28.6. The van der Waals surface area contributed by atoms with Gasteiger partial charge >= 0.3 is 213 Å². The molecule has 1 aliphatic heterocycles. The third-order valence-corrected chi connectivity index (χ3v) is 11.5. The Hall–Kier alpha value is -2.98. The summed E-state index contributed by atoms with van der Waals surface area (Å²) < 4.78 is 6.03. The molecule has 0 N–H and O–H groups in total. The minimum atomic E-state index is -0.158. The van der Waals surface area contributed by atoms with E-state index in [4.69, 9.17) is 0 Å². The van der Waals surface area contributed by atoms with Gasteiger partial charge in [0, 0.05) is 0 Å². The fourth-order valence-electron chi connectivity index (χ4n) is 4.53. The summed E-state index contributed by atoms with van der Waals surface area (Å²) in [7, 11) is 0. The molecule has 2 aromatic heterocycles. The van der Waals surface area contributed by atoms with E-state index in [1.54, 1.807) is 11.3 Å². The number of allylic oxidation sites excluding steroid dienone is 1. The van der Waals surface area contributed by atoms with Gasteiger partial charge in [-0.2, -0.15) is 0 Å². The number of hydrogen-bond acceptors (Lipinski definition) is 4. The number of hydrogen-bond donors (Lipinski definition) is 0. The zero-order chi connectivity index (χ0) is 22.8. The molecule has 0 fully saturated rings. The number of Topliss-reactive ketones (excluding diaryl/α,β-unsaturated/α-hetero) is 2. The second-order valence-electron chi connectivity index (χ2n) is 8.12. The first-order valence-corrected chi connectivity index (χ1v) is 15.1. The molecule has 162 valence electrons. The Kier molecular flexibility index (Phi) is 4.66. The Morgan fingerprint density at radius 3 is 2.18 bits per heavy atom. The molecule has 0 radical (unpaired) electrons. The summed E-state index contributed by atoms with van der Waals surface area (Å²) in [5.41, 5.74) is 3.82.